The quantitative estimate of drug-likeness (QED) is 0.169. The van der Waals surface area contributed by atoms with Crippen molar-refractivity contribution in [3.8, 4) is 44.5 Å². The van der Waals surface area contributed by atoms with Gasteiger partial charge in [0, 0.05) is 0 Å². The molecule has 0 unspecified atom stereocenters. The van der Waals surface area contributed by atoms with Crippen molar-refractivity contribution in [1.82, 2.24) is 0 Å². The second kappa shape index (κ2) is 9.89. The molecule has 0 heterocycles. The molecule has 2 aliphatic rings. The first kappa shape index (κ1) is 26.8. The van der Waals surface area contributed by atoms with E-state index in [0.717, 1.165) is 0 Å². The molecule has 0 saturated carbocycles. The van der Waals surface area contributed by atoms with Gasteiger partial charge in [-0.15, -0.1) is 0 Å². The van der Waals surface area contributed by atoms with Gasteiger partial charge in [0.15, 0.2) is 0 Å². The van der Waals surface area contributed by atoms with Gasteiger partial charge in [-0.05, 0) is 105 Å². The lowest BCUT2D eigenvalue weighted by Gasteiger charge is -2.31. The molecule has 0 nitrogen and oxygen atoms in total. The fraction of sp³-hybridized carbons (Fsp3) is 0.0204. The van der Waals surface area contributed by atoms with Crippen LogP contribution in [0.5, 0.6) is 0 Å². The molecule has 0 bridgehead atoms. The zero-order valence-electron chi connectivity index (χ0n) is 26.8. The molecular formula is C49H30. The molecule has 49 heavy (non-hydrogen) atoms. The minimum Gasteiger partial charge on any atom is -0.0622 e. The van der Waals surface area contributed by atoms with Crippen LogP contribution in [-0.4, -0.2) is 0 Å². The molecule has 9 aromatic carbocycles. The molecule has 0 aliphatic heterocycles. The summed E-state index contributed by atoms with van der Waals surface area (Å²) in [5.74, 6) is 0. The second-order valence-electron chi connectivity index (χ2n) is 13.5. The Kier molecular flexibility index (Phi) is 5.41. The highest BCUT2D eigenvalue weighted by Gasteiger charge is 2.52. The molecule has 11 rings (SSSR count). The van der Waals surface area contributed by atoms with Crippen LogP contribution in [0.4, 0.5) is 0 Å². The lowest BCUT2D eigenvalue weighted by atomic mass is 9.69. The Morgan fingerprint density at radius 3 is 1.29 bits per heavy atom. The summed E-state index contributed by atoms with van der Waals surface area (Å²) in [6, 6.07) is 67.9. The Morgan fingerprint density at radius 2 is 0.735 bits per heavy atom. The van der Waals surface area contributed by atoms with Gasteiger partial charge in [0.25, 0.3) is 0 Å². The van der Waals surface area contributed by atoms with E-state index >= 15 is 0 Å². The van der Waals surface area contributed by atoms with Gasteiger partial charge in [-0.25, -0.2) is 0 Å². The van der Waals surface area contributed by atoms with Crippen LogP contribution in [0.2, 0.25) is 0 Å². The molecule has 1 spiro atoms. The monoisotopic (exact) mass is 618 g/mol. The van der Waals surface area contributed by atoms with Crippen LogP contribution in [0, 0.1) is 0 Å². The smallest absolute Gasteiger partial charge is 0.0622 e. The maximum absolute atomic E-state index is 2.44. The zero-order chi connectivity index (χ0) is 32.1. The third-order valence-corrected chi connectivity index (χ3v) is 11.3. The molecular weight excluding hydrogens is 589 g/mol. The number of rotatable bonds is 2. The SMILES string of the molecule is c1ccc(-c2c3ccccc3c(-c3ccc4c5c(ccc4c3)-c3ccccc3C53c4ccccc4-c4ccccc43)c3ccccc23)cc1. The normalized spacial score (nSPS) is 13.5. The van der Waals surface area contributed by atoms with Crippen molar-refractivity contribution in [1.29, 1.82) is 0 Å². The van der Waals surface area contributed by atoms with E-state index in [1.165, 1.54) is 99.1 Å². The third-order valence-electron chi connectivity index (χ3n) is 11.3. The van der Waals surface area contributed by atoms with E-state index in [1.807, 2.05) is 0 Å². The molecule has 9 aromatic rings. The van der Waals surface area contributed by atoms with E-state index in [2.05, 4.69) is 182 Å². The summed E-state index contributed by atoms with van der Waals surface area (Å²) in [7, 11) is 0. The van der Waals surface area contributed by atoms with Crippen LogP contribution >= 0.6 is 0 Å². The maximum atomic E-state index is 2.44. The minimum atomic E-state index is -0.364. The van der Waals surface area contributed by atoms with Crippen molar-refractivity contribution in [3.63, 3.8) is 0 Å². The molecule has 0 amide bonds. The Morgan fingerprint density at radius 1 is 0.286 bits per heavy atom. The fourth-order valence-corrected chi connectivity index (χ4v) is 9.44. The Labute approximate surface area is 285 Å². The van der Waals surface area contributed by atoms with Gasteiger partial charge < -0.3 is 0 Å². The van der Waals surface area contributed by atoms with Gasteiger partial charge in [0.1, 0.15) is 0 Å². The van der Waals surface area contributed by atoms with Gasteiger partial charge in [0.2, 0.25) is 0 Å². The molecule has 0 N–H and O–H groups in total. The summed E-state index contributed by atoms with van der Waals surface area (Å²) < 4.78 is 0. The van der Waals surface area contributed by atoms with Crippen LogP contribution < -0.4 is 0 Å². The first-order valence-corrected chi connectivity index (χ1v) is 17.2. The van der Waals surface area contributed by atoms with Gasteiger partial charge in [-0.2, -0.15) is 0 Å². The van der Waals surface area contributed by atoms with Crippen LogP contribution in [0.1, 0.15) is 22.3 Å². The average Bonchev–Trinajstić information content (AvgIpc) is 3.64. The highest BCUT2D eigenvalue weighted by molar-refractivity contribution is 6.22. The average molecular weight is 619 g/mol. The van der Waals surface area contributed by atoms with Crippen LogP contribution in [0.15, 0.2) is 182 Å². The zero-order valence-corrected chi connectivity index (χ0v) is 26.8. The Balaban J connectivity index is 1.22. The Bertz CT molecular complexity index is 2700. The van der Waals surface area contributed by atoms with E-state index in [9.17, 15) is 0 Å². The van der Waals surface area contributed by atoms with E-state index in [1.54, 1.807) is 0 Å². The summed E-state index contributed by atoms with van der Waals surface area (Å²) in [6.07, 6.45) is 0. The molecule has 0 aromatic heterocycles. The third kappa shape index (κ3) is 3.43. The van der Waals surface area contributed by atoms with Crippen LogP contribution in [-0.2, 0) is 5.41 Å². The van der Waals surface area contributed by atoms with Gasteiger partial charge in [-0.3, -0.25) is 0 Å². The summed E-state index contributed by atoms with van der Waals surface area (Å²) in [4.78, 5) is 0. The van der Waals surface area contributed by atoms with Crippen molar-refractivity contribution in [2.45, 2.75) is 5.41 Å². The van der Waals surface area contributed by atoms with Crippen LogP contribution in [0.3, 0.4) is 0 Å². The van der Waals surface area contributed by atoms with E-state index in [0.29, 0.717) is 0 Å². The largest absolute Gasteiger partial charge is 0.0731 e. The number of hydrogen-bond donors (Lipinski definition) is 0. The second-order valence-corrected chi connectivity index (χ2v) is 13.5. The standard InChI is InChI=1S/C49H30/c1-2-14-31(15-3-1)46-38-19-4-6-21-40(38)47(41-22-7-5-20-39(41)46)33-27-28-34-32(30-33)26-29-42-37-18-10-13-25-45(37)49(48(34)42)43-23-11-8-16-35(43)36-17-9-12-24-44(36)49/h1-30H. The van der Waals surface area contributed by atoms with Crippen molar-refractivity contribution in [2.24, 2.45) is 0 Å². The predicted octanol–water partition coefficient (Wildman–Crippen LogP) is 12.8. The highest BCUT2D eigenvalue weighted by Crippen LogP contribution is 2.64. The van der Waals surface area contributed by atoms with Crippen molar-refractivity contribution in [3.05, 3.63) is 204 Å². The first-order chi connectivity index (χ1) is 24.3. The minimum absolute atomic E-state index is 0.364. The van der Waals surface area contributed by atoms with Crippen LogP contribution in [0.25, 0.3) is 76.8 Å². The predicted molar refractivity (Wildman–Crippen MR) is 206 cm³/mol. The van der Waals surface area contributed by atoms with Crippen molar-refractivity contribution < 1.29 is 0 Å². The molecule has 226 valence electrons. The summed E-state index contributed by atoms with van der Waals surface area (Å²) in [5, 5.41) is 7.71. The lowest BCUT2D eigenvalue weighted by Crippen LogP contribution is -2.26. The van der Waals surface area contributed by atoms with Gasteiger partial charge in [0.05, 0.1) is 5.41 Å². The molecule has 0 atom stereocenters. The number of fused-ring (bicyclic) bond motifs is 14. The summed E-state index contributed by atoms with van der Waals surface area (Å²) in [5.41, 5.74) is 15.6. The molecule has 0 heteroatoms. The molecule has 0 radical (unpaired) electrons. The van der Waals surface area contributed by atoms with Gasteiger partial charge >= 0.3 is 0 Å². The first-order valence-electron chi connectivity index (χ1n) is 17.2. The topological polar surface area (TPSA) is 0 Å². The number of hydrogen-bond acceptors (Lipinski definition) is 0. The highest BCUT2D eigenvalue weighted by atomic mass is 14.5. The lowest BCUT2D eigenvalue weighted by molar-refractivity contribution is 0.801. The number of benzene rings is 9. The summed E-state index contributed by atoms with van der Waals surface area (Å²) >= 11 is 0. The Hall–Kier alpha value is -6.24. The fourth-order valence-electron chi connectivity index (χ4n) is 9.44. The maximum Gasteiger partial charge on any atom is 0.0731 e. The van der Waals surface area contributed by atoms with Crippen molar-refractivity contribution >= 4 is 32.3 Å². The molecule has 0 saturated heterocycles. The van der Waals surface area contributed by atoms with Gasteiger partial charge in [-0.1, -0.05) is 176 Å². The van der Waals surface area contributed by atoms with Crippen molar-refractivity contribution in [2.75, 3.05) is 0 Å². The molecule has 2 aliphatic carbocycles. The molecule has 0 fully saturated rings. The van der Waals surface area contributed by atoms with E-state index < -0.39 is 0 Å². The van der Waals surface area contributed by atoms with E-state index in [-0.39, 0.29) is 5.41 Å². The summed E-state index contributed by atoms with van der Waals surface area (Å²) in [6.45, 7) is 0. The van der Waals surface area contributed by atoms with E-state index in [4.69, 9.17) is 0 Å².